The minimum atomic E-state index is -0.315. The summed E-state index contributed by atoms with van der Waals surface area (Å²) in [6.45, 7) is 9.03. The van der Waals surface area contributed by atoms with Gasteiger partial charge in [0.1, 0.15) is 0 Å². The largest absolute Gasteiger partial charge is 0.332 e. The third kappa shape index (κ3) is 2.20. The first-order valence-corrected chi connectivity index (χ1v) is 8.46. The number of hydrogen-bond donors (Lipinski definition) is 0. The summed E-state index contributed by atoms with van der Waals surface area (Å²) in [6.07, 6.45) is 1.71. The van der Waals surface area contributed by atoms with Gasteiger partial charge in [-0.15, -0.1) is 0 Å². The SMILES string of the molecule is CCCCn1c(=O)c2c(nc3n2[C@@H](C)C(C)=NN3CC)n(C)c1=O. The highest BCUT2D eigenvalue weighted by Crippen LogP contribution is 2.29. The maximum atomic E-state index is 13.0. The van der Waals surface area contributed by atoms with E-state index < -0.39 is 0 Å². The zero-order chi connectivity index (χ0) is 17.6. The van der Waals surface area contributed by atoms with Gasteiger partial charge in [-0.1, -0.05) is 13.3 Å². The summed E-state index contributed by atoms with van der Waals surface area (Å²) in [7, 11) is 1.67. The van der Waals surface area contributed by atoms with E-state index in [1.54, 1.807) is 12.1 Å². The smallest absolute Gasteiger partial charge is 0.294 e. The molecule has 8 nitrogen and oxygen atoms in total. The highest BCUT2D eigenvalue weighted by Gasteiger charge is 2.29. The Bertz CT molecular complexity index is 933. The molecule has 3 rings (SSSR count). The van der Waals surface area contributed by atoms with E-state index >= 15 is 0 Å². The molecule has 0 spiro atoms. The summed E-state index contributed by atoms with van der Waals surface area (Å²) in [4.78, 5) is 30.1. The molecule has 1 aliphatic heterocycles. The van der Waals surface area contributed by atoms with Crippen LogP contribution in [0, 0.1) is 0 Å². The molecule has 2 aromatic heterocycles. The van der Waals surface area contributed by atoms with Gasteiger partial charge in [0.2, 0.25) is 5.95 Å². The zero-order valence-corrected chi connectivity index (χ0v) is 14.9. The molecule has 0 aromatic carbocycles. The van der Waals surface area contributed by atoms with E-state index in [1.807, 2.05) is 32.3 Å². The highest BCUT2D eigenvalue weighted by molar-refractivity contribution is 5.90. The first-order chi connectivity index (χ1) is 11.4. The molecule has 8 heteroatoms. The third-order valence-electron chi connectivity index (χ3n) is 4.69. The molecule has 2 aromatic rings. The second kappa shape index (κ2) is 5.92. The Hall–Kier alpha value is -2.38. The van der Waals surface area contributed by atoms with Crippen molar-refractivity contribution in [1.82, 2.24) is 18.7 Å². The average Bonchev–Trinajstić information content (AvgIpc) is 2.97. The molecule has 130 valence electrons. The number of hydrazone groups is 1. The molecule has 0 saturated carbocycles. The molecular weight excluding hydrogens is 308 g/mol. The van der Waals surface area contributed by atoms with E-state index in [0.29, 0.717) is 30.2 Å². The number of anilines is 1. The standard InChI is InChI=1S/C16H24N6O2/c1-6-8-9-20-14(23)12-13(19(5)16(20)24)17-15-21(7-2)18-10(3)11(4)22(12)15/h11H,6-9H2,1-5H3/t11-/m0/s1. The predicted octanol–water partition coefficient (Wildman–Crippen LogP) is 1.47. The number of aryl methyl sites for hydroxylation is 1. The summed E-state index contributed by atoms with van der Waals surface area (Å²) in [5.74, 6) is 0.617. The fraction of sp³-hybridized carbons (Fsp3) is 0.625. The van der Waals surface area contributed by atoms with Crippen LogP contribution in [0.2, 0.25) is 0 Å². The molecule has 24 heavy (non-hydrogen) atoms. The molecule has 0 N–H and O–H groups in total. The van der Waals surface area contributed by atoms with Crippen molar-refractivity contribution in [3.63, 3.8) is 0 Å². The lowest BCUT2D eigenvalue weighted by Gasteiger charge is -2.28. The number of nitrogens with zero attached hydrogens (tertiary/aromatic N) is 6. The van der Waals surface area contributed by atoms with Gasteiger partial charge in [-0.05, 0) is 27.2 Å². The Kier molecular flexibility index (Phi) is 4.06. The van der Waals surface area contributed by atoms with E-state index in [-0.39, 0.29) is 17.3 Å². The second-order valence-corrected chi connectivity index (χ2v) is 6.24. The predicted molar refractivity (Wildman–Crippen MR) is 95.0 cm³/mol. The summed E-state index contributed by atoms with van der Waals surface area (Å²) < 4.78 is 4.70. The van der Waals surface area contributed by atoms with Gasteiger partial charge < -0.3 is 0 Å². The number of unbranched alkanes of at least 4 members (excludes halogenated alkanes) is 1. The number of hydrogen-bond acceptors (Lipinski definition) is 5. The van der Waals surface area contributed by atoms with Crippen LogP contribution in [0.15, 0.2) is 14.7 Å². The topological polar surface area (TPSA) is 77.4 Å². The number of aromatic nitrogens is 4. The van der Waals surface area contributed by atoms with Crippen LogP contribution in [-0.4, -0.2) is 30.9 Å². The number of rotatable bonds is 4. The molecule has 1 aliphatic rings. The van der Waals surface area contributed by atoms with Gasteiger partial charge in [-0.3, -0.25) is 18.5 Å². The van der Waals surface area contributed by atoms with E-state index in [1.165, 1.54) is 9.13 Å². The average molecular weight is 332 g/mol. The molecule has 3 heterocycles. The van der Waals surface area contributed by atoms with Crippen LogP contribution >= 0.6 is 0 Å². The molecule has 0 radical (unpaired) electrons. The summed E-state index contributed by atoms with van der Waals surface area (Å²) in [6, 6.07) is -0.0716. The fourth-order valence-electron chi connectivity index (χ4n) is 3.11. The number of imidazole rings is 1. The second-order valence-electron chi connectivity index (χ2n) is 6.24. The molecule has 0 aliphatic carbocycles. The first kappa shape index (κ1) is 16.5. The Morgan fingerprint density at radius 1 is 1.21 bits per heavy atom. The third-order valence-corrected chi connectivity index (χ3v) is 4.69. The van der Waals surface area contributed by atoms with Gasteiger partial charge in [-0.2, -0.15) is 10.1 Å². The quantitative estimate of drug-likeness (QED) is 0.849. The minimum absolute atomic E-state index is 0.0716. The van der Waals surface area contributed by atoms with Crippen LogP contribution in [0.1, 0.15) is 46.6 Å². The van der Waals surface area contributed by atoms with Crippen LogP contribution < -0.4 is 16.3 Å². The summed E-state index contributed by atoms with van der Waals surface area (Å²) in [5.41, 5.74) is 1.23. The molecule has 0 fully saturated rings. The van der Waals surface area contributed by atoms with E-state index in [4.69, 9.17) is 0 Å². The molecule has 1 atom stereocenters. The van der Waals surface area contributed by atoms with Gasteiger partial charge in [0, 0.05) is 20.1 Å². The lowest BCUT2D eigenvalue weighted by atomic mass is 10.2. The lowest BCUT2D eigenvalue weighted by Crippen LogP contribution is -2.40. The van der Waals surface area contributed by atoms with Crippen molar-refractivity contribution >= 4 is 22.8 Å². The van der Waals surface area contributed by atoms with Gasteiger partial charge in [-0.25, -0.2) is 9.80 Å². The van der Waals surface area contributed by atoms with Crippen molar-refractivity contribution in [1.29, 1.82) is 0 Å². The maximum Gasteiger partial charge on any atom is 0.332 e. The molecule has 0 saturated heterocycles. The van der Waals surface area contributed by atoms with Gasteiger partial charge >= 0.3 is 5.69 Å². The lowest BCUT2D eigenvalue weighted by molar-refractivity contribution is 0.563. The van der Waals surface area contributed by atoms with Crippen molar-refractivity contribution in [3.05, 3.63) is 20.8 Å². The van der Waals surface area contributed by atoms with Crippen molar-refractivity contribution in [2.45, 2.75) is 53.1 Å². The van der Waals surface area contributed by atoms with Crippen molar-refractivity contribution in [2.75, 3.05) is 11.6 Å². The molecular formula is C16H24N6O2. The molecule has 0 bridgehead atoms. The highest BCUT2D eigenvalue weighted by atomic mass is 16.2. The van der Waals surface area contributed by atoms with Gasteiger partial charge in [0.15, 0.2) is 11.2 Å². The van der Waals surface area contributed by atoms with E-state index in [0.717, 1.165) is 18.6 Å². The monoisotopic (exact) mass is 332 g/mol. The Labute approximate surface area is 140 Å². The maximum absolute atomic E-state index is 13.0. The van der Waals surface area contributed by atoms with Crippen molar-refractivity contribution < 1.29 is 0 Å². The van der Waals surface area contributed by atoms with Gasteiger partial charge in [0.05, 0.1) is 11.8 Å². The van der Waals surface area contributed by atoms with Crippen LogP contribution in [0.4, 0.5) is 5.95 Å². The van der Waals surface area contributed by atoms with Crippen LogP contribution in [0.25, 0.3) is 11.2 Å². The summed E-state index contributed by atoms with van der Waals surface area (Å²) in [5, 5.41) is 6.32. The van der Waals surface area contributed by atoms with E-state index in [9.17, 15) is 9.59 Å². The number of fused-ring (bicyclic) bond motifs is 3. The van der Waals surface area contributed by atoms with Crippen molar-refractivity contribution in [3.8, 4) is 0 Å². The molecule has 0 amide bonds. The summed E-state index contributed by atoms with van der Waals surface area (Å²) >= 11 is 0. The first-order valence-electron chi connectivity index (χ1n) is 8.46. The Balaban J connectivity index is 2.38. The van der Waals surface area contributed by atoms with Gasteiger partial charge in [0.25, 0.3) is 5.56 Å². The van der Waals surface area contributed by atoms with E-state index in [2.05, 4.69) is 10.1 Å². The Morgan fingerprint density at radius 3 is 2.54 bits per heavy atom. The zero-order valence-electron chi connectivity index (χ0n) is 14.9. The Morgan fingerprint density at radius 2 is 1.92 bits per heavy atom. The van der Waals surface area contributed by atoms with Crippen LogP contribution in [0.5, 0.6) is 0 Å². The minimum Gasteiger partial charge on any atom is -0.294 e. The van der Waals surface area contributed by atoms with Crippen LogP contribution in [-0.2, 0) is 13.6 Å². The fourth-order valence-corrected chi connectivity index (χ4v) is 3.11. The van der Waals surface area contributed by atoms with Crippen LogP contribution in [0.3, 0.4) is 0 Å². The molecule has 0 unspecified atom stereocenters. The van der Waals surface area contributed by atoms with Crippen molar-refractivity contribution in [2.24, 2.45) is 12.1 Å². The normalized spacial score (nSPS) is 17.3.